The van der Waals surface area contributed by atoms with Crippen molar-refractivity contribution >= 4 is 46.9 Å². The lowest BCUT2D eigenvalue weighted by molar-refractivity contribution is -0.118. The van der Waals surface area contributed by atoms with Gasteiger partial charge in [0.1, 0.15) is 0 Å². The Morgan fingerprint density at radius 1 is 1.16 bits per heavy atom. The molecule has 1 unspecified atom stereocenters. The van der Waals surface area contributed by atoms with E-state index in [1.54, 1.807) is 30.3 Å². The van der Waals surface area contributed by atoms with Crippen LogP contribution in [0.2, 0.25) is 10.0 Å². The zero-order chi connectivity index (χ0) is 18.0. The first-order valence-corrected chi connectivity index (χ1v) is 8.33. The Hall–Kier alpha value is -2.21. The van der Waals surface area contributed by atoms with Crippen LogP contribution in [0.4, 0.5) is 5.69 Å². The van der Waals surface area contributed by atoms with Crippen molar-refractivity contribution in [2.45, 2.75) is 5.92 Å². The van der Waals surface area contributed by atoms with Crippen LogP contribution in [0.15, 0.2) is 47.5 Å². The van der Waals surface area contributed by atoms with E-state index in [-0.39, 0.29) is 23.9 Å². The van der Waals surface area contributed by atoms with Crippen LogP contribution in [0.25, 0.3) is 0 Å². The number of anilines is 1. The van der Waals surface area contributed by atoms with E-state index in [0.29, 0.717) is 16.1 Å². The van der Waals surface area contributed by atoms with Crippen LogP contribution in [0, 0.1) is 0 Å². The van der Waals surface area contributed by atoms with E-state index < -0.39 is 17.7 Å². The molecule has 0 saturated carbocycles. The molecule has 0 radical (unpaired) electrons. The monoisotopic (exact) mass is 376 g/mol. The minimum absolute atomic E-state index is 0.123. The first kappa shape index (κ1) is 17.6. The number of aliphatic hydroxyl groups excluding tert-OH is 1. The molecule has 2 amide bonds. The van der Waals surface area contributed by atoms with Crippen molar-refractivity contribution < 1.29 is 14.7 Å². The van der Waals surface area contributed by atoms with E-state index in [2.05, 4.69) is 4.99 Å². The minimum atomic E-state index is -0.740. The smallest absolute Gasteiger partial charge is 0.265 e. The van der Waals surface area contributed by atoms with Gasteiger partial charge in [-0.2, -0.15) is 0 Å². The highest BCUT2D eigenvalue weighted by Gasteiger charge is 2.39. The molecule has 2 aromatic carbocycles. The fourth-order valence-electron chi connectivity index (χ4n) is 2.72. The van der Waals surface area contributed by atoms with E-state index >= 15 is 0 Å². The molecule has 0 aliphatic carbocycles. The number of amides is 2. The molecule has 1 aliphatic heterocycles. The van der Waals surface area contributed by atoms with E-state index in [0.717, 1.165) is 4.90 Å². The van der Waals surface area contributed by atoms with Crippen LogP contribution in [0.1, 0.15) is 21.8 Å². The van der Waals surface area contributed by atoms with Gasteiger partial charge in [0.15, 0.2) is 0 Å². The van der Waals surface area contributed by atoms with Crippen LogP contribution >= 0.6 is 23.2 Å². The summed E-state index contributed by atoms with van der Waals surface area (Å²) >= 11 is 12.2. The van der Waals surface area contributed by atoms with Crippen molar-refractivity contribution in [2.24, 2.45) is 4.99 Å². The maximum atomic E-state index is 13.0. The molecule has 25 heavy (non-hydrogen) atoms. The van der Waals surface area contributed by atoms with E-state index in [1.807, 2.05) is 0 Å². The molecule has 0 aromatic heterocycles. The third kappa shape index (κ3) is 3.31. The summed E-state index contributed by atoms with van der Waals surface area (Å²) in [5, 5.41) is 9.51. The first-order chi connectivity index (χ1) is 12.0. The number of hydrogen-bond donors (Lipinski definition) is 1. The minimum Gasteiger partial charge on any atom is -0.394 e. The molecule has 1 N–H and O–H groups in total. The lowest BCUT2D eigenvalue weighted by Gasteiger charge is -2.31. The Bertz CT molecular complexity index is 867. The van der Waals surface area contributed by atoms with Gasteiger partial charge < -0.3 is 5.11 Å². The number of fused-ring (bicyclic) bond motifs is 1. The Morgan fingerprint density at radius 2 is 1.92 bits per heavy atom. The number of carbonyl (C=O) groups is 2. The molecule has 2 aromatic rings. The fourth-order valence-corrected chi connectivity index (χ4v) is 3.09. The van der Waals surface area contributed by atoms with Crippen molar-refractivity contribution in [1.82, 2.24) is 0 Å². The standard InChI is InChI=1S/C18H14Cl2N2O3/c19-11-5-6-15(20)16(9-11)22-17(24)13-4-2-1-3-12(13)14(18(22)25)10-21-7-8-23/h1-6,9-10,14,23H,7-8H2. The number of aliphatic imine (C=N–C) groups is 1. The lowest BCUT2D eigenvalue weighted by Crippen LogP contribution is -2.45. The second kappa shape index (κ2) is 7.35. The first-order valence-electron chi connectivity index (χ1n) is 7.57. The molecular weight excluding hydrogens is 363 g/mol. The van der Waals surface area contributed by atoms with Crippen LogP contribution in [-0.2, 0) is 4.79 Å². The zero-order valence-corrected chi connectivity index (χ0v) is 14.5. The summed E-state index contributed by atoms with van der Waals surface area (Å²) in [5.74, 6) is -1.67. The highest BCUT2D eigenvalue weighted by molar-refractivity contribution is 6.39. The van der Waals surface area contributed by atoms with Gasteiger partial charge in [0, 0.05) is 16.8 Å². The molecule has 128 valence electrons. The molecule has 3 rings (SSSR count). The van der Waals surface area contributed by atoms with Gasteiger partial charge in [-0.1, -0.05) is 41.4 Å². The third-order valence-corrected chi connectivity index (χ3v) is 4.40. The highest BCUT2D eigenvalue weighted by Crippen LogP contribution is 2.36. The molecule has 0 saturated heterocycles. The summed E-state index contributed by atoms with van der Waals surface area (Å²) in [6.07, 6.45) is 1.45. The largest absolute Gasteiger partial charge is 0.394 e. The molecule has 7 heteroatoms. The van der Waals surface area contributed by atoms with Crippen molar-refractivity contribution in [3.05, 3.63) is 63.6 Å². The molecular formula is C18H14Cl2N2O3. The van der Waals surface area contributed by atoms with Gasteiger partial charge in [-0.05, 0) is 29.8 Å². The van der Waals surface area contributed by atoms with Gasteiger partial charge in [0.05, 0.1) is 29.8 Å². The molecule has 1 aliphatic rings. The Morgan fingerprint density at radius 3 is 2.68 bits per heavy atom. The van der Waals surface area contributed by atoms with Gasteiger partial charge in [0.25, 0.3) is 5.91 Å². The van der Waals surface area contributed by atoms with Crippen molar-refractivity contribution in [3.63, 3.8) is 0 Å². The number of halogens is 2. The predicted molar refractivity (Wildman–Crippen MR) is 97.9 cm³/mol. The van der Waals surface area contributed by atoms with Crippen molar-refractivity contribution in [2.75, 3.05) is 18.1 Å². The topological polar surface area (TPSA) is 70.0 Å². The van der Waals surface area contributed by atoms with E-state index in [1.165, 1.54) is 18.3 Å². The van der Waals surface area contributed by atoms with Gasteiger partial charge in [-0.3, -0.25) is 14.6 Å². The molecule has 0 spiro atoms. The number of carbonyl (C=O) groups excluding carboxylic acids is 2. The highest BCUT2D eigenvalue weighted by atomic mass is 35.5. The van der Waals surface area contributed by atoms with Crippen LogP contribution in [-0.4, -0.2) is 36.3 Å². The average Bonchev–Trinajstić information content (AvgIpc) is 2.61. The van der Waals surface area contributed by atoms with Crippen molar-refractivity contribution in [3.8, 4) is 0 Å². The normalized spacial score (nSPS) is 17.2. The zero-order valence-electron chi connectivity index (χ0n) is 13.0. The summed E-state index contributed by atoms with van der Waals surface area (Å²) in [7, 11) is 0. The number of imide groups is 1. The number of benzene rings is 2. The Kier molecular flexibility index (Phi) is 5.18. The summed E-state index contributed by atoms with van der Waals surface area (Å²) in [5.41, 5.74) is 1.21. The van der Waals surface area contributed by atoms with Crippen LogP contribution < -0.4 is 4.90 Å². The fraction of sp³-hybridized carbons (Fsp3) is 0.167. The summed E-state index contributed by atoms with van der Waals surface area (Å²) in [6.45, 7) is 0.0552. The Labute approximate surface area is 154 Å². The average molecular weight is 377 g/mol. The quantitative estimate of drug-likeness (QED) is 0.657. The number of hydrogen-bond acceptors (Lipinski definition) is 4. The molecule has 1 atom stereocenters. The predicted octanol–water partition coefficient (Wildman–Crippen LogP) is 3.33. The molecule has 0 bridgehead atoms. The number of aliphatic hydroxyl groups is 1. The van der Waals surface area contributed by atoms with Gasteiger partial charge in [-0.25, -0.2) is 4.90 Å². The van der Waals surface area contributed by atoms with E-state index in [9.17, 15) is 9.59 Å². The maximum absolute atomic E-state index is 13.0. The Balaban J connectivity index is 2.13. The van der Waals surface area contributed by atoms with Gasteiger partial charge in [0.2, 0.25) is 5.91 Å². The molecule has 5 nitrogen and oxygen atoms in total. The van der Waals surface area contributed by atoms with Crippen LogP contribution in [0.5, 0.6) is 0 Å². The summed E-state index contributed by atoms with van der Waals surface area (Å²) in [6, 6.07) is 11.5. The number of rotatable bonds is 4. The molecule has 0 fully saturated rings. The maximum Gasteiger partial charge on any atom is 0.265 e. The summed E-state index contributed by atoms with van der Waals surface area (Å²) < 4.78 is 0. The van der Waals surface area contributed by atoms with Crippen LogP contribution in [0.3, 0.4) is 0 Å². The van der Waals surface area contributed by atoms with Gasteiger partial charge in [-0.15, -0.1) is 0 Å². The SMILES string of the molecule is O=C1c2ccccc2C(C=NCCO)C(=O)N1c1cc(Cl)ccc1Cl. The number of nitrogens with zero attached hydrogens (tertiary/aromatic N) is 2. The second-order valence-corrected chi connectivity index (χ2v) is 6.26. The summed E-state index contributed by atoms with van der Waals surface area (Å²) in [4.78, 5) is 31.0. The van der Waals surface area contributed by atoms with E-state index in [4.69, 9.17) is 28.3 Å². The van der Waals surface area contributed by atoms with Gasteiger partial charge >= 0.3 is 0 Å². The third-order valence-electron chi connectivity index (χ3n) is 3.85. The molecule has 1 heterocycles. The lowest BCUT2D eigenvalue weighted by atomic mass is 9.89. The van der Waals surface area contributed by atoms with Crippen molar-refractivity contribution in [1.29, 1.82) is 0 Å². The second-order valence-electron chi connectivity index (χ2n) is 5.42.